The van der Waals surface area contributed by atoms with Crippen LogP contribution in [0.1, 0.15) is 69.6 Å². The topological polar surface area (TPSA) is 30.0 Å². The molecule has 0 radical (unpaired) electrons. The first-order chi connectivity index (χ1) is 25.5. The Morgan fingerprint density at radius 2 is 1.50 bits per heavy atom. The van der Waals surface area contributed by atoms with Crippen molar-refractivity contribution in [3.63, 3.8) is 0 Å². The van der Waals surface area contributed by atoms with E-state index in [4.69, 9.17) is 0 Å². The average Bonchev–Trinajstić information content (AvgIpc) is 3.44. The smallest absolute Gasteiger partial charge is 0.241 e. The molecule has 4 nitrogen and oxygen atoms in total. The lowest BCUT2D eigenvalue weighted by molar-refractivity contribution is -0.735. The van der Waals surface area contributed by atoms with Crippen LogP contribution in [0.15, 0.2) is 138 Å². The Labute approximate surface area is 304 Å². The van der Waals surface area contributed by atoms with Crippen LogP contribution in [0.4, 0.5) is 0 Å². The van der Waals surface area contributed by atoms with Crippen LogP contribution in [0.5, 0.6) is 0 Å². The third-order valence-corrected chi connectivity index (χ3v) is 12.6. The zero-order chi connectivity index (χ0) is 35.2. The molecule has 4 heteroatoms. The van der Waals surface area contributed by atoms with Gasteiger partial charge in [0.1, 0.15) is 10.9 Å². The first-order valence-corrected chi connectivity index (χ1v) is 19.1. The highest BCUT2D eigenvalue weighted by Gasteiger charge is 2.60. The van der Waals surface area contributed by atoms with E-state index in [0.717, 1.165) is 66.2 Å². The van der Waals surface area contributed by atoms with E-state index in [1.54, 1.807) is 0 Å². The maximum absolute atomic E-state index is 15.8. The number of pyridine rings is 2. The van der Waals surface area contributed by atoms with Crippen molar-refractivity contribution in [1.82, 2.24) is 4.57 Å². The highest BCUT2D eigenvalue weighted by molar-refractivity contribution is 6.01. The van der Waals surface area contributed by atoms with Crippen molar-refractivity contribution in [3.8, 4) is 22.4 Å². The maximum atomic E-state index is 15.8. The molecule has 0 N–H and O–H groups in total. The standard InChI is InChI=1S/C48H43N3O/c1-4-7-14-32-21-24-37-40(29-32)48(31-47(5-2,6-3)50-41-20-12-11-17-34(41)22-26-43(37)50)39-19-13-18-35-27-28-49-42-25-23-36(33-15-9-8-10-16-33)30-38(42)46(52)51(48)45(49)44(35)39/h8-13,15-30H,4-7,14,31H2,1-3H3/q+2. The lowest BCUT2D eigenvalue weighted by Crippen LogP contribution is -2.60. The van der Waals surface area contributed by atoms with Crippen molar-refractivity contribution in [2.75, 3.05) is 0 Å². The second-order valence-electron chi connectivity index (χ2n) is 15.1. The second-order valence-corrected chi connectivity index (χ2v) is 15.1. The number of nitrogens with zero attached hydrogens (tertiary/aromatic N) is 3. The van der Waals surface area contributed by atoms with Gasteiger partial charge in [0, 0.05) is 41.5 Å². The normalized spacial score (nSPS) is 17.0. The van der Waals surface area contributed by atoms with E-state index in [9.17, 15) is 0 Å². The summed E-state index contributed by atoms with van der Waals surface area (Å²) in [6, 6.07) is 46.5. The van der Waals surface area contributed by atoms with Crippen LogP contribution < -0.4 is 14.5 Å². The number of unbranched alkanes of at least 4 members (excludes halogenated alkanes) is 1. The van der Waals surface area contributed by atoms with Crippen LogP contribution in [-0.2, 0) is 17.5 Å². The predicted molar refractivity (Wildman–Crippen MR) is 212 cm³/mol. The Bertz CT molecular complexity index is 2810. The van der Waals surface area contributed by atoms with Crippen LogP contribution in [0.2, 0.25) is 0 Å². The van der Waals surface area contributed by atoms with Gasteiger partial charge in [0.05, 0.1) is 23.6 Å². The quantitative estimate of drug-likeness (QED) is 0.127. The molecule has 10 rings (SSSR count). The van der Waals surface area contributed by atoms with E-state index >= 15 is 4.79 Å². The lowest BCUT2D eigenvalue weighted by Gasteiger charge is -2.35. The van der Waals surface area contributed by atoms with Gasteiger partial charge in [-0.2, -0.15) is 13.5 Å². The fourth-order valence-corrected chi connectivity index (χ4v) is 10.0. The zero-order valence-corrected chi connectivity index (χ0v) is 30.2. The molecule has 52 heavy (non-hydrogen) atoms. The monoisotopic (exact) mass is 677 g/mol. The van der Waals surface area contributed by atoms with Gasteiger partial charge in [-0.1, -0.05) is 106 Å². The van der Waals surface area contributed by atoms with Gasteiger partial charge in [-0.25, -0.2) is 4.79 Å². The molecule has 254 valence electrons. The molecule has 0 saturated heterocycles. The van der Waals surface area contributed by atoms with Crippen LogP contribution >= 0.6 is 0 Å². The molecule has 0 aliphatic carbocycles. The minimum atomic E-state index is -0.751. The number of rotatable bonds is 6. The Hall–Kier alpha value is -5.61. The van der Waals surface area contributed by atoms with Crippen LogP contribution in [-0.4, -0.2) is 4.57 Å². The molecule has 1 spiro atoms. The summed E-state index contributed by atoms with van der Waals surface area (Å²) in [7, 11) is 0. The van der Waals surface area contributed by atoms with Crippen molar-refractivity contribution >= 4 is 38.2 Å². The van der Waals surface area contributed by atoms with Crippen molar-refractivity contribution in [3.05, 3.63) is 161 Å². The molecule has 3 aromatic heterocycles. The van der Waals surface area contributed by atoms with Crippen LogP contribution in [0.25, 0.3) is 60.6 Å². The maximum Gasteiger partial charge on any atom is 0.346 e. The summed E-state index contributed by atoms with van der Waals surface area (Å²) < 4.78 is 7.21. The Morgan fingerprint density at radius 1 is 0.692 bits per heavy atom. The number of para-hydroxylation sites is 1. The van der Waals surface area contributed by atoms with Crippen molar-refractivity contribution < 1.29 is 8.97 Å². The summed E-state index contributed by atoms with van der Waals surface area (Å²) in [5.74, 6) is 0. The zero-order valence-electron chi connectivity index (χ0n) is 30.2. The number of hydrogen-bond donors (Lipinski definition) is 0. The Morgan fingerprint density at radius 3 is 2.33 bits per heavy atom. The predicted octanol–water partition coefficient (Wildman–Crippen LogP) is 10.0. The lowest BCUT2D eigenvalue weighted by atomic mass is 9.71. The molecule has 5 heterocycles. The summed E-state index contributed by atoms with van der Waals surface area (Å²) in [5.41, 5.74) is 10.6. The van der Waals surface area contributed by atoms with Crippen LogP contribution in [0.3, 0.4) is 0 Å². The molecule has 8 aromatic rings. The van der Waals surface area contributed by atoms with Crippen molar-refractivity contribution in [2.45, 2.75) is 70.4 Å². The van der Waals surface area contributed by atoms with Crippen LogP contribution in [0, 0.1) is 0 Å². The van der Waals surface area contributed by atoms with Gasteiger partial charge in [0.25, 0.3) is 5.65 Å². The minimum Gasteiger partial charge on any atom is -0.241 e. The van der Waals surface area contributed by atoms with Gasteiger partial charge in [-0.3, -0.25) is 0 Å². The van der Waals surface area contributed by atoms with Gasteiger partial charge < -0.3 is 0 Å². The van der Waals surface area contributed by atoms with Gasteiger partial charge >= 0.3 is 5.56 Å². The summed E-state index contributed by atoms with van der Waals surface area (Å²) >= 11 is 0. The first-order valence-electron chi connectivity index (χ1n) is 19.1. The van der Waals surface area contributed by atoms with Crippen molar-refractivity contribution in [1.29, 1.82) is 0 Å². The highest BCUT2D eigenvalue weighted by atomic mass is 16.1. The van der Waals surface area contributed by atoms with Gasteiger partial charge in [-0.15, -0.1) is 0 Å². The van der Waals surface area contributed by atoms with Gasteiger partial charge in [0.2, 0.25) is 11.2 Å². The van der Waals surface area contributed by atoms with E-state index in [1.165, 1.54) is 49.6 Å². The van der Waals surface area contributed by atoms with E-state index in [0.29, 0.717) is 0 Å². The fourth-order valence-electron chi connectivity index (χ4n) is 10.0. The van der Waals surface area contributed by atoms with E-state index in [-0.39, 0.29) is 11.1 Å². The molecule has 1 atom stereocenters. The molecule has 2 aliphatic heterocycles. The number of aryl methyl sites for hydroxylation is 1. The molecular weight excluding hydrogens is 635 g/mol. The van der Waals surface area contributed by atoms with E-state index in [1.807, 2.05) is 6.07 Å². The Balaban J connectivity index is 1.40. The number of fused-ring (bicyclic) bond motifs is 10. The highest BCUT2D eigenvalue weighted by Crippen LogP contribution is 2.54. The van der Waals surface area contributed by atoms with E-state index < -0.39 is 5.54 Å². The fraction of sp³-hybridized carbons (Fsp3) is 0.229. The molecule has 1 unspecified atom stereocenters. The molecular formula is C48H43N3O+2. The molecule has 2 aliphatic rings. The largest absolute Gasteiger partial charge is 0.346 e. The van der Waals surface area contributed by atoms with E-state index in [2.05, 4.69) is 162 Å². The summed E-state index contributed by atoms with van der Waals surface area (Å²) in [6.45, 7) is 6.96. The summed E-state index contributed by atoms with van der Waals surface area (Å²) in [5, 5.41) is 4.33. The number of aromatic nitrogens is 3. The summed E-state index contributed by atoms with van der Waals surface area (Å²) in [4.78, 5) is 15.8. The van der Waals surface area contributed by atoms with Crippen molar-refractivity contribution in [2.24, 2.45) is 0 Å². The molecule has 5 aromatic carbocycles. The average molecular weight is 678 g/mol. The SMILES string of the molecule is CCCCc1ccc2c(c1)C1(CC(CC)(CC)[n+]3c-2ccc2ccccc23)c2cccc3cc[n+]4c5ccc(-c6ccccc6)cc5c(=O)n1c4c23. The summed E-state index contributed by atoms with van der Waals surface area (Å²) in [6.07, 6.45) is 8.07. The first kappa shape index (κ1) is 31.2. The molecule has 0 saturated carbocycles. The third-order valence-electron chi connectivity index (χ3n) is 12.6. The third kappa shape index (κ3) is 4.06. The van der Waals surface area contributed by atoms with Gasteiger partial charge in [0.15, 0.2) is 11.1 Å². The second kappa shape index (κ2) is 11.4. The molecule has 0 amide bonds. The number of hydrogen-bond acceptors (Lipinski definition) is 1. The van der Waals surface area contributed by atoms with Gasteiger partial charge in [-0.05, 0) is 71.3 Å². The molecule has 0 fully saturated rings. The minimum absolute atomic E-state index is 0.0725. The molecule has 0 bridgehead atoms. The number of benzene rings is 5. The Kier molecular flexibility index (Phi) is 6.86.